The summed E-state index contributed by atoms with van der Waals surface area (Å²) in [6.07, 6.45) is 1.67. The molecule has 9 heteroatoms. The summed E-state index contributed by atoms with van der Waals surface area (Å²) in [6.45, 7) is 8.81. The number of nitrogens with zero attached hydrogens (tertiary/aromatic N) is 1. The molecule has 0 atom stereocenters. The molecule has 1 aliphatic heterocycles. The predicted molar refractivity (Wildman–Crippen MR) is 105 cm³/mol. The third-order valence-corrected chi connectivity index (χ3v) is 6.46. The number of amides is 1. The van der Waals surface area contributed by atoms with E-state index in [1.807, 2.05) is 6.92 Å². The summed E-state index contributed by atoms with van der Waals surface area (Å²) >= 11 is 6.16. The number of hydrogen-bond donors (Lipinski definition) is 2. The number of carbonyl (C=O) groups excluding carboxylic acids is 1. The van der Waals surface area contributed by atoms with Crippen LogP contribution in [0.1, 0.15) is 26.7 Å². The standard InChI is InChI=1S/C18H28ClN3O4S/c1-3-5-8-20-27(24,25)15-6-7-17(16(19)13-15)26-14-18(23)22-11-9-21(4-2)10-12-22/h6-7,13,20H,3-5,8-12,14H2,1-2H3/p+1. The fourth-order valence-electron chi connectivity index (χ4n) is 2.89. The first-order valence-corrected chi connectivity index (χ1v) is 11.3. The van der Waals surface area contributed by atoms with Crippen molar-refractivity contribution in [2.24, 2.45) is 0 Å². The number of carbonyl (C=O) groups is 1. The van der Waals surface area contributed by atoms with Crippen molar-refractivity contribution in [2.45, 2.75) is 31.6 Å². The number of ether oxygens (including phenoxy) is 1. The van der Waals surface area contributed by atoms with Gasteiger partial charge in [-0.25, -0.2) is 13.1 Å². The van der Waals surface area contributed by atoms with E-state index in [4.69, 9.17) is 16.3 Å². The normalized spacial score (nSPS) is 15.7. The molecule has 1 saturated heterocycles. The number of unbranched alkanes of at least 4 members (excludes halogenated alkanes) is 1. The van der Waals surface area contributed by atoms with Crippen molar-refractivity contribution < 1.29 is 22.8 Å². The highest BCUT2D eigenvalue weighted by Gasteiger charge is 2.23. The molecule has 0 spiro atoms. The Morgan fingerprint density at radius 3 is 2.59 bits per heavy atom. The van der Waals surface area contributed by atoms with Gasteiger partial charge in [0.15, 0.2) is 6.61 Å². The minimum Gasteiger partial charge on any atom is -0.482 e. The molecule has 1 aromatic rings. The molecule has 0 saturated carbocycles. The molecular weight excluding hydrogens is 390 g/mol. The Morgan fingerprint density at radius 1 is 1.30 bits per heavy atom. The fourth-order valence-corrected chi connectivity index (χ4v) is 4.29. The van der Waals surface area contributed by atoms with Crippen LogP contribution in [0, 0.1) is 0 Å². The van der Waals surface area contributed by atoms with Gasteiger partial charge in [-0.15, -0.1) is 0 Å². The van der Waals surface area contributed by atoms with Crippen LogP contribution in [0.15, 0.2) is 23.1 Å². The van der Waals surface area contributed by atoms with Crippen LogP contribution in [0.4, 0.5) is 0 Å². The van der Waals surface area contributed by atoms with Crippen LogP contribution in [0.25, 0.3) is 0 Å². The minimum atomic E-state index is -3.60. The number of rotatable bonds is 9. The van der Waals surface area contributed by atoms with Crippen LogP contribution in [-0.4, -0.2) is 65.1 Å². The SMILES string of the molecule is CCCCNS(=O)(=O)c1ccc(OCC(=O)N2CC[NH+](CC)CC2)c(Cl)c1. The number of benzene rings is 1. The van der Waals surface area contributed by atoms with Crippen LogP contribution in [0.3, 0.4) is 0 Å². The molecule has 0 unspecified atom stereocenters. The van der Waals surface area contributed by atoms with Crippen molar-refractivity contribution in [3.05, 3.63) is 23.2 Å². The molecule has 27 heavy (non-hydrogen) atoms. The first-order chi connectivity index (χ1) is 12.9. The molecule has 1 aromatic carbocycles. The quantitative estimate of drug-likeness (QED) is 0.574. The van der Waals surface area contributed by atoms with Crippen molar-refractivity contribution in [1.82, 2.24) is 9.62 Å². The molecule has 1 heterocycles. The number of hydrogen-bond acceptors (Lipinski definition) is 4. The van der Waals surface area contributed by atoms with Gasteiger partial charge in [-0.2, -0.15) is 0 Å². The molecule has 1 amide bonds. The molecule has 1 aliphatic rings. The topological polar surface area (TPSA) is 80.1 Å². The number of piperazine rings is 1. The molecule has 1 fully saturated rings. The zero-order valence-corrected chi connectivity index (χ0v) is 17.5. The first-order valence-electron chi connectivity index (χ1n) is 9.40. The molecular formula is C18H29ClN3O4S+. The second-order valence-corrected chi connectivity index (χ2v) is 8.79. The average Bonchev–Trinajstić information content (AvgIpc) is 2.67. The second-order valence-electron chi connectivity index (χ2n) is 6.62. The monoisotopic (exact) mass is 418 g/mol. The Morgan fingerprint density at radius 2 is 2.00 bits per heavy atom. The lowest BCUT2D eigenvalue weighted by atomic mass is 10.3. The van der Waals surface area contributed by atoms with Crippen LogP contribution < -0.4 is 14.4 Å². The molecule has 0 radical (unpaired) electrons. The van der Waals surface area contributed by atoms with Crippen molar-refractivity contribution in [3.8, 4) is 5.75 Å². The summed E-state index contributed by atoms with van der Waals surface area (Å²) in [5.41, 5.74) is 0. The molecule has 2 rings (SSSR count). The Kier molecular flexibility index (Phi) is 8.34. The van der Waals surface area contributed by atoms with Gasteiger partial charge in [0.2, 0.25) is 10.0 Å². The highest BCUT2D eigenvalue weighted by molar-refractivity contribution is 7.89. The Labute approximate surface area is 166 Å². The zero-order chi connectivity index (χ0) is 19.9. The summed E-state index contributed by atoms with van der Waals surface area (Å²) in [6, 6.07) is 4.27. The number of nitrogens with one attached hydrogen (secondary N) is 2. The van der Waals surface area contributed by atoms with Gasteiger partial charge in [-0.05, 0) is 31.5 Å². The number of halogens is 1. The van der Waals surface area contributed by atoms with Gasteiger partial charge in [-0.1, -0.05) is 24.9 Å². The maximum absolute atomic E-state index is 12.3. The summed E-state index contributed by atoms with van der Waals surface area (Å²) in [5, 5.41) is 0.168. The van der Waals surface area contributed by atoms with E-state index in [2.05, 4.69) is 11.6 Å². The smallest absolute Gasteiger partial charge is 0.260 e. The van der Waals surface area contributed by atoms with Gasteiger partial charge in [0.1, 0.15) is 5.75 Å². The van der Waals surface area contributed by atoms with E-state index in [0.717, 1.165) is 45.6 Å². The predicted octanol–water partition coefficient (Wildman–Crippen LogP) is 0.544. The average molecular weight is 419 g/mol. The fraction of sp³-hybridized carbons (Fsp3) is 0.611. The van der Waals surface area contributed by atoms with Crippen molar-refractivity contribution in [1.29, 1.82) is 0 Å². The van der Waals surface area contributed by atoms with Crippen molar-refractivity contribution in [3.63, 3.8) is 0 Å². The lowest BCUT2D eigenvalue weighted by Crippen LogP contribution is -3.14. The lowest BCUT2D eigenvalue weighted by Gasteiger charge is -2.31. The summed E-state index contributed by atoms with van der Waals surface area (Å²) in [7, 11) is -3.60. The van der Waals surface area contributed by atoms with Crippen molar-refractivity contribution >= 4 is 27.5 Å². The Bertz CT molecular complexity index is 734. The third kappa shape index (κ3) is 6.34. The zero-order valence-electron chi connectivity index (χ0n) is 16.0. The van der Waals surface area contributed by atoms with Crippen LogP contribution in [0.2, 0.25) is 5.02 Å². The lowest BCUT2D eigenvalue weighted by molar-refractivity contribution is -0.902. The maximum atomic E-state index is 12.3. The van der Waals surface area contributed by atoms with E-state index in [0.29, 0.717) is 12.3 Å². The van der Waals surface area contributed by atoms with Gasteiger partial charge in [0.05, 0.1) is 42.6 Å². The highest BCUT2D eigenvalue weighted by atomic mass is 35.5. The molecule has 152 valence electrons. The van der Waals surface area contributed by atoms with E-state index in [-0.39, 0.29) is 22.4 Å². The number of likely N-dealkylation sites (N-methyl/N-ethyl adjacent to an activating group) is 1. The summed E-state index contributed by atoms with van der Waals surface area (Å²) in [4.78, 5) is 15.7. The van der Waals surface area contributed by atoms with Gasteiger partial charge in [0, 0.05) is 6.54 Å². The molecule has 0 aliphatic carbocycles. The number of quaternary nitrogens is 1. The van der Waals surface area contributed by atoms with Crippen LogP contribution >= 0.6 is 11.6 Å². The second kappa shape index (κ2) is 10.3. The number of sulfonamides is 1. The third-order valence-electron chi connectivity index (χ3n) is 4.71. The largest absolute Gasteiger partial charge is 0.482 e. The van der Waals surface area contributed by atoms with Crippen molar-refractivity contribution in [2.75, 3.05) is 45.9 Å². The van der Waals surface area contributed by atoms with E-state index in [9.17, 15) is 13.2 Å². The van der Waals surface area contributed by atoms with Gasteiger partial charge in [-0.3, -0.25) is 4.79 Å². The van der Waals surface area contributed by atoms with E-state index in [1.165, 1.54) is 23.1 Å². The molecule has 0 bridgehead atoms. The van der Waals surface area contributed by atoms with E-state index in [1.54, 1.807) is 4.90 Å². The molecule has 7 nitrogen and oxygen atoms in total. The Hall–Kier alpha value is -1.35. The summed E-state index contributed by atoms with van der Waals surface area (Å²) in [5.74, 6) is 0.217. The van der Waals surface area contributed by atoms with E-state index >= 15 is 0 Å². The molecule has 2 N–H and O–H groups in total. The van der Waals surface area contributed by atoms with Gasteiger partial charge < -0.3 is 14.5 Å². The Balaban J connectivity index is 1.91. The summed E-state index contributed by atoms with van der Waals surface area (Å²) < 4.78 is 32.5. The molecule has 0 aromatic heterocycles. The van der Waals surface area contributed by atoms with Crippen LogP contribution in [-0.2, 0) is 14.8 Å². The first kappa shape index (κ1) is 21.9. The van der Waals surface area contributed by atoms with Crippen LogP contribution in [0.5, 0.6) is 5.75 Å². The van der Waals surface area contributed by atoms with E-state index < -0.39 is 10.0 Å². The minimum absolute atomic E-state index is 0.0841. The van der Waals surface area contributed by atoms with Gasteiger partial charge >= 0.3 is 0 Å². The van der Waals surface area contributed by atoms with Gasteiger partial charge in [0.25, 0.3) is 5.91 Å². The highest BCUT2D eigenvalue weighted by Crippen LogP contribution is 2.27. The maximum Gasteiger partial charge on any atom is 0.260 e.